The predicted octanol–water partition coefficient (Wildman–Crippen LogP) is 2.16. The smallest absolute Gasteiger partial charge is 0.342 e. The Balaban J connectivity index is 1.11. The standard InChI is InChI=1S/C44H37N3O17/c48-28-4-1-22-15-36(53)33(12-25(22)9-28)39(56)62-8-7-45-42(59)46(18-31(51)20-63-40(57)34-13-26-10-29(49)5-2-23(26)16-37(34)54)44(61)47(43(45)60)19-32(52)21-64-41(58)35-14-27-11-30(50)6-3-24(27)17-38(35)55/h1-6,9-17,31-32,48-55H,7-8,18-21H2. The lowest BCUT2D eigenvalue weighted by Crippen LogP contribution is -2.57. The summed E-state index contributed by atoms with van der Waals surface area (Å²) in [6.07, 6.45) is -3.62. The van der Waals surface area contributed by atoms with Gasteiger partial charge in [0.15, 0.2) is 0 Å². The first-order valence-electron chi connectivity index (χ1n) is 19.2. The van der Waals surface area contributed by atoms with Gasteiger partial charge in [-0.1, -0.05) is 18.2 Å². The van der Waals surface area contributed by atoms with E-state index in [1.54, 1.807) is 0 Å². The van der Waals surface area contributed by atoms with E-state index in [9.17, 15) is 69.6 Å². The quantitative estimate of drug-likeness (QED) is 0.0573. The fraction of sp³-hybridized carbons (Fsp3) is 0.182. The third kappa shape index (κ3) is 9.27. The number of aliphatic hydroxyl groups is 2. The van der Waals surface area contributed by atoms with Crippen LogP contribution < -0.4 is 17.1 Å². The molecule has 64 heavy (non-hydrogen) atoms. The fourth-order valence-electron chi connectivity index (χ4n) is 6.83. The monoisotopic (exact) mass is 879 g/mol. The number of esters is 3. The number of phenols is 6. The predicted molar refractivity (Wildman–Crippen MR) is 224 cm³/mol. The van der Waals surface area contributed by atoms with Crippen LogP contribution in [0.3, 0.4) is 0 Å². The first kappa shape index (κ1) is 43.7. The van der Waals surface area contributed by atoms with Crippen molar-refractivity contribution in [2.75, 3.05) is 19.8 Å². The molecule has 0 aliphatic rings. The number of aromatic nitrogens is 3. The van der Waals surface area contributed by atoms with Gasteiger partial charge in [-0.05, 0) is 105 Å². The number of hydrogen-bond acceptors (Lipinski definition) is 17. The molecule has 2 unspecified atom stereocenters. The van der Waals surface area contributed by atoms with Crippen LogP contribution in [0, 0.1) is 0 Å². The molecule has 7 aromatic rings. The Kier molecular flexibility index (Phi) is 12.2. The minimum atomic E-state index is -1.81. The van der Waals surface area contributed by atoms with Gasteiger partial charge in [0.2, 0.25) is 0 Å². The molecule has 0 aliphatic carbocycles. The second-order valence-corrected chi connectivity index (χ2v) is 14.6. The van der Waals surface area contributed by atoms with Crippen LogP contribution in [0.2, 0.25) is 0 Å². The number of nitrogens with zero attached hydrogens (tertiary/aromatic N) is 3. The molecule has 330 valence electrons. The molecule has 0 aliphatic heterocycles. The van der Waals surface area contributed by atoms with E-state index >= 15 is 0 Å². The van der Waals surface area contributed by atoms with Crippen molar-refractivity contribution in [3.8, 4) is 34.5 Å². The lowest BCUT2D eigenvalue weighted by molar-refractivity contribution is 0.0184. The molecular weight excluding hydrogens is 842 g/mol. The van der Waals surface area contributed by atoms with Gasteiger partial charge in [0.25, 0.3) is 0 Å². The van der Waals surface area contributed by atoms with Crippen LogP contribution in [-0.4, -0.2) is 104 Å². The van der Waals surface area contributed by atoms with Gasteiger partial charge in [0.1, 0.15) is 83.2 Å². The number of aromatic hydroxyl groups is 6. The molecule has 8 N–H and O–H groups in total. The molecule has 0 amide bonds. The Labute approximate surface area is 358 Å². The maximum Gasteiger partial charge on any atom is 0.342 e. The van der Waals surface area contributed by atoms with Crippen LogP contribution >= 0.6 is 0 Å². The summed E-state index contributed by atoms with van der Waals surface area (Å²) in [5.74, 6) is -5.16. The van der Waals surface area contributed by atoms with Crippen LogP contribution in [0.1, 0.15) is 31.1 Å². The zero-order valence-corrected chi connectivity index (χ0v) is 33.2. The highest BCUT2D eigenvalue weighted by molar-refractivity contribution is 6.00. The van der Waals surface area contributed by atoms with Gasteiger partial charge in [-0.15, -0.1) is 0 Å². The van der Waals surface area contributed by atoms with E-state index in [4.69, 9.17) is 14.2 Å². The number of hydrogen-bond donors (Lipinski definition) is 8. The number of fused-ring (bicyclic) bond motifs is 3. The van der Waals surface area contributed by atoms with Gasteiger partial charge >= 0.3 is 35.0 Å². The van der Waals surface area contributed by atoms with Crippen molar-refractivity contribution in [3.05, 3.63) is 139 Å². The second-order valence-electron chi connectivity index (χ2n) is 14.6. The minimum Gasteiger partial charge on any atom is -0.508 e. The minimum absolute atomic E-state index is 0.118. The molecule has 1 aromatic heterocycles. The summed E-state index contributed by atoms with van der Waals surface area (Å²) in [6, 6.07) is 20.1. The highest BCUT2D eigenvalue weighted by atomic mass is 16.5. The molecule has 0 saturated heterocycles. The van der Waals surface area contributed by atoms with E-state index < -0.39 is 104 Å². The number of carbonyl (C=O) groups is 3. The van der Waals surface area contributed by atoms with Crippen molar-refractivity contribution in [2.24, 2.45) is 0 Å². The zero-order chi connectivity index (χ0) is 46.0. The molecule has 0 bridgehead atoms. The number of benzene rings is 6. The Morgan fingerprint density at radius 3 is 1.12 bits per heavy atom. The Hall–Kier alpha value is -8.36. The summed E-state index contributed by atoms with van der Waals surface area (Å²) in [7, 11) is 0. The Morgan fingerprint density at radius 2 is 0.766 bits per heavy atom. The first-order valence-corrected chi connectivity index (χ1v) is 19.2. The third-order valence-electron chi connectivity index (χ3n) is 10.0. The third-order valence-corrected chi connectivity index (χ3v) is 10.0. The number of rotatable bonds is 14. The van der Waals surface area contributed by atoms with E-state index in [-0.39, 0.29) is 33.9 Å². The molecule has 0 spiro atoms. The molecule has 6 aromatic carbocycles. The maximum absolute atomic E-state index is 13.7. The molecule has 0 saturated carbocycles. The highest BCUT2D eigenvalue weighted by Gasteiger charge is 2.24. The summed E-state index contributed by atoms with van der Waals surface area (Å²) in [5.41, 5.74) is -5.04. The van der Waals surface area contributed by atoms with Crippen molar-refractivity contribution < 1.29 is 69.4 Å². The van der Waals surface area contributed by atoms with Crippen LogP contribution in [-0.2, 0) is 33.8 Å². The van der Waals surface area contributed by atoms with Crippen molar-refractivity contribution >= 4 is 50.2 Å². The van der Waals surface area contributed by atoms with Crippen molar-refractivity contribution in [3.63, 3.8) is 0 Å². The van der Waals surface area contributed by atoms with Crippen molar-refractivity contribution in [1.29, 1.82) is 0 Å². The molecular formula is C44H37N3O17. The summed E-state index contributed by atoms with van der Waals surface area (Å²) < 4.78 is 16.7. The topological polar surface area (TPSA) is 307 Å². The molecule has 0 radical (unpaired) electrons. The van der Waals surface area contributed by atoms with Crippen molar-refractivity contribution in [2.45, 2.75) is 31.8 Å². The van der Waals surface area contributed by atoms with Gasteiger partial charge in [0.05, 0.1) is 19.6 Å². The van der Waals surface area contributed by atoms with Gasteiger partial charge in [-0.2, -0.15) is 0 Å². The van der Waals surface area contributed by atoms with Crippen LogP contribution in [0.4, 0.5) is 0 Å². The van der Waals surface area contributed by atoms with E-state index in [0.717, 1.165) is 0 Å². The van der Waals surface area contributed by atoms with Gasteiger partial charge < -0.3 is 55.1 Å². The SMILES string of the molecule is O=C(OCCn1c(=O)n(CC(O)COC(=O)c2cc3cc(O)ccc3cc2O)c(=O)n(CC(O)COC(=O)c2cc3cc(O)ccc3cc2O)c1=O)c1cc2cc(O)ccc2cc1O. The van der Waals surface area contributed by atoms with E-state index in [1.165, 1.54) is 91.0 Å². The maximum atomic E-state index is 13.7. The number of phenolic OH excluding ortho intramolecular Hbond substituents is 6. The number of carbonyl (C=O) groups excluding carboxylic acids is 3. The molecule has 1 heterocycles. The molecule has 0 fully saturated rings. The summed E-state index contributed by atoms with van der Waals surface area (Å²) >= 11 is 0. The van der Waals surface area contributed by atoms with E-state index in [1.807, 2.05) is 0 Å². The fourth-order valence-corrected chi connectivity index (χ4v) is 6.83. The Bertz CT molecular complexity index is 3040. The Morgan fingerprint density at radius 1 is 0.438 bits per heavy atom. The molecule has 7 rings (SSSR count). The van der Waals surface area contributed by atoms with Gasteiger partial charge in [-0.25, -0.2) is 42.5 Å². The highest BCUT2D eigenvalue weighted by Crippen LogP contribution is 2.31. The number of aliphatic hydroxyl groups excluding tert-OH is 2. The average Bonchev–Trinajstić information content (AvgIpc) is 3.25. The summed E-state index contributed by atoms with van der Waals surface area (Å²) in [5, 5.41) is 85.2. The lowest BCUT2D eigenvalue weighted by atomic mass is 10.1. The molecule has 20 nitrogen and oxygen atoms in total. The first-order chi connectivity index (χ1) is 30.5. The van der Waals surface area contributed by atoms with Crippen LogP contribution in [0.5, 0.6) is 34.5 Å². The normalized spacial score (nSPS) is 12.3. The molecule has 20 heteroatoms. The number of ether oxygens (including phenoxy) is 3. The zero-order valence-electron chi connectivity index (χ0n) is 33.2. The van der Waals surface area contributed by atoms with Crippen molar-refractivity contribution in [1.82, 2.24) is 13.7 Å². The van der Waals surface area contributed by atoms with Gasteiger partial charge in [-0.3, -0.25) is 0 Å². The largest absolute Gasteiger partial charge is 0.508 e. The van der Waals surface area contributed by atoms with E-state index in [0.29, 0.717) is 46.0 Å². The average molecular weight is 880 g/mol. The summed E-state index contributed by atoms with van der Waals surface area (Å²) in [6.45, 7) is -4.96. The second kappa shape index (κ2) is 17.9. The van der Waals surface area contributed by atoms with Gasteiger partial charge in [0, 0.05) is 0 Å². The molecule has 2 atom stereocenters. The van der Waals surface area contributed by atoms with Crippen LogP contribution in [0.15, 0.2) is 105 Å². The van der Waals surface area contributed by atoms with E-state index in [2.05, 4.69) is 0 Å². The lowest BCUT2D eigenvalue weighted by Gasteiger charge is -2.18. The van der Waals surface area contributed by atoms with Crippen LogP contribution in [0.25, 0.3) is 32.3 Å². The summed E-state index contributed by atoms with van der Waals surface area (Å²) in [4.78, 5) is 80.0.